The van der Waals surface area contributed by atoms with Gasteiger partial charge >= 0.3 is 34.7 Å². The Hall–Kier alpha value is 0.315. The molecule has 0 aliphatic heterocycles. The molecule has 0 bridgehead atoms. The average Bonchev–Trinajstić information content (AvgIpc) is 1.69. The summed E-state index contributed by atoms with van der Waals surface area (Å²) >= 11 is 4.76. The number of aromatic amines is 1. The smallest absolute Gasteiger partial charge is 2.00 e. The SMILES string of the molecule is S=c1cccc[nH]1.[Al+3].[Al+3].[O-2].[O-2].[O-2]. The van der Waals surface area contributed by atoms with Crippen LogP contribution >= 0.6 is 12.2 Å². The molecule has 0 aliphatic carbocycles. The maximum atomic E-state index is 4.76. The van der Waals surface area contributed by atoms with Crippen LogP contribution in [0.4, 0.5) is 0 Å². The van der Waals surface area contributed by atoms with Crippen LogP contribution in [0.2, 0.25) is 0 Å². The standard InChI is InChI=1S/C5H5NS.2Al.3O/c7-5-3-1-2-4-6-5;;;;;/h1-4H,(H,6,7);;;;;/q;2*+3;3*-2. The molecule has 0 saturated heterocycles. The monoisotopic (exact) mass is 213 g/mol. The molecule has 4 nitrogen and oxygen atoms in total. The molecule has 0 aromatic carbocycles. The van der Waals surface area contributed by atoms with Crippen LogP contribution in [0.5, 0.6) is 0 Å². The van der Waals surface area contributed by atoms with Crippen molar-refractivity contribution in [1.29, 1.82) is 0 Å². The summed E-state index contributed by atoms with van der Waals surface area (Å²) in [6.45, 7) is 0. The predicted molar refractivity (Wildman–Crippen MR) is 45.2 cm³/mol. The summed E-state index contributed by atoms with van der Waals surface area (Å²) < 4.78 is 0.780. The fourth-order valence-electron chi connectivity index (χ4n) is 0.377. The Balaban J connectivity index is -0.0000000327. The molecule has 0 radical (unpaired) electrons. The van der Waals surface area contributed by atoms with Crippen LogP contribution in [-0.2, 0) is 16.4 Å². The van der Waals surface area contributed by atoms with E-state index in [4.69, 9.17) is 12.2 Å². The Morgan fingerprint density at radius 1 is 1.00 bits per heavy atom. The molecule has 0 fully saturated rings. The number of hydrogen-bond acceptors (Lipinski definition) is 1. The van der Waals surface area contributed by atoms with Gasteiger partial charge in [-0.2, -0.15) is 0 Å². The molecule has 1 heterocycles. The molecule has 0 aliphatic rings. The first-order chi connectivity index (χ1) is 3.39. The summed E-state index contributed by atoms with van der Waals surface area (Å²) in [4.78, 5) is 2.85. The first-order valence-corrected chi connectivity index (χ1v) is 2.44. The second-order valence-corrected chi connectivity index (χ2v) is 1.67. The minimum atomic E-state index is 0. The molecule has 0 spiro atoms. The maximum Gasteiger partial charge on any atom is 3.00 e. The summed E-state index contributed by atoms with van der Waals surface area (Å²) in [6, 6.07) is 5.64. The summed E-state index contributed by atoms with van der Waals surface area (Å²) in [7, 11) is 0. The Kier molecular flexibility index (Phi) is 42.8. The minimum absolute atomic E-state index is 0. The van der Waals surface area contributed by atoms with Crippen LogP contribution < -0.4 is 0 Å². The van der Waals surface area contributed by atoms with Crippen molar-refractivity contribution in [3.8, 4) is 0 Å². The van der Waals surface area contributed by atoms with Gasteiger partial charge in [0.25, 0.3) is 0 Å². The number of rotatable bonds is 0. The zero-order chi connectivity index (χ0) is 5.11. The van der Waals surface area contributed by atoms with E-state index in [1.807, 2.05) is 24.4 Å². The maximum absolute atomic E-state index is 4.76. The Bertz CT molecular complexity index is 190. The summed E-state index contributed by atoms with van der Waals surface area (Å²) in [6.07, 6.45) is 1.81. The quantitative estimate of drug-likeness (QED) is 0.495. The molecule has 7 heteroatoms. The Labute approximate surface area is 97.2 Å². The van der Waals surface area contributed by atoms with Gasteiger partial charge in [-0.1, -0.05) is 18.3 Å². The second kappa shape index (κ2) is 17.4. The van der Waals surface area contributed by atoms with Crippen molar-refractivity contribution in [2.75, 3.05) is 0 Å². The fraction of sp³-hybridized carbons (Fsp3) is 0. The van der Waals surface area contributed by atoms with Gasteiger partial charge in [-0.25, -0.2) is 0 Å². The van der Waals surface area contributed by atoms with Gasteiger partial charge in [0, 0.05) is 6.20 Å². The van der Waals surface area contributed by atoms with E-state index in [0.29, 0.717) is 0 Å². The normalized spacial score (nSPS) is 5.00. The van der Waals surface area contributed by atoms with Crippen LogP contribution in [0.1, 0.15) is 0 Å². The molecule has 12 heavy (non-hydrogen) atoms. The van der Waals surface area contributed by atoms with Crippen LogP contribution in [0, 0.1) is 4.64 Å². The molecule has 60 valence electrons. The Morgan fingerprint density at radius 3 is 1.67 bits per heavy atom. The third-order valence-electron chi connectivity index (χ3n) is 0.681. The van der Waals surface area contributed by atoms with Crippen molar-refractivity contribution >= 4 is 46.9 Å². The second-order valence-electron chi connectivity index (χ2n) is 1.23. The van der Waals surface area contributed by atoms with Gasteiger partial charge in [0.1, 0.15) is 4.64 Å². The van der Waals surface area contributed by atoms with Gasteiger partial charge in [0.2, 0.25) is 0 Å². The third kappa shape index (κ3) is 12.9. The zero-order valence-electron chi connectivity index (χ0n) is 6.10. The van der Waals surface area contributed by atoms with Gasteiger partial charge in [-0.3, -0.25) is 0 Å². The van der Waals surface area contributed by atoms with Crippen molar-refractivity contribution in [3.63, 3.8) is 0 Å². The topological polar surface area (TPSA) is 101 Å². The zero-order valence-corrected chi connectivity index (χ0v) is 9.22. The largest absolute Gasteiger partial charge is 3.00 e. The van der Waals surface area contributed by atoms with Crippen LogP contribution in [0.3, 0.4) is 0 Å². The molecule has 1 N–H and O–H groups in total. The summed E-state index contributed by atoms with van der Waals surface area (Å²) in [5.41, 5.74) is 0. The van der Waals surface area contributed by atoms with Gasteiger partial charge in [0.15, 0.2) is 0 Å². The fourth-order valence-corrected chi connectivity index (χ4v) is 0.523. The van der Waals surface area contributed by atoms with E-state index in [9.17, 15) is 0 Å². The average molecular weight is 213 g/mol. The molecule has 0 unspecified atom stereocenters. The third-order valence-corrected chi connectivity index (χ3v) is 0.934. The van der Waals surface area contributed by atoms with Crippen LogP contribution in [0.25, 0.3) is 0 Å². The van der Waals surface area contributed by atoms with E-state index >= 15 is 0 Å². The van der Waals surface area contributed by atoms with Crippen molar-refractivity contribution in [1.82, 2.24) is 4.98 Å². The molecule has 1 rings (SSSR count). The molecule has 0 saturated carbocycles. The molecular formula is C5H5Al2NO3S. The van der Waals surface area contributed by atoms with Gasteiger partial charge in [-0.15, -0.1) is 0 Å². The van der Waals surface area contributed by atoms with Crippen LogP contribution in [0.15, 0.2) is 24.4 Å². The van der Waals surface area contributed by atoms with Crippen molar-refractivity contribution in [3.05, 3.63) is 29.0 Å². The van der Waals surface area contributed by atoms with E-state index in [1.54, 1.807) is 0 Å². The van der Waals surface area contributed by atoms with E-state index in [1.165, 1.54) is 0 Å². The molecule has 0 atom stereocenters. The molecular weight excluding hydrogens is 208 g/mol. The van der Waals surface area contributed by atoms with E-state index < -0.39 is 0 Å². The van der Waals surface area contributed by atoms with Gasteiger partial charge in [0.05, 0.1) is 0 Å². The van der Waals surface area contributed by atoms with Crippen molar-refractivity contribution in [2.24, 2.45) is 0 Å². The number of pyridine rings is 1. The van der Waals surface area contributed by atoms with Gasteiger partial charge < -0.3 is 21.4 Å². The molecule has 0 amide bonds. The first kappa shape index (κ1) is 29.5. The van der Waals surface area contributed by atoms with Crippen LogP contribution in [-0.4, -0.2) is 39.7 Å². The summed E-state index contributed by atoms with van der Waals surface area (Å²) in [5.74, 6) is 0. The number of H-pyrrole nitrogens is 1. The molecule has 1 aromatic heterocycles. The van der Waals surface area contributed by atoms with E-state index in [2.05, 4.69) is 4.98 Å². The first-order valence-electron chi connectivity index (χ1n) is 2.03. The van der Waals surface area contributed by atoms with Gasteiger partial charge in [-0.05, 0) is 12.1 Å². The van der Waals surface area contributed by atoms with Crippen molar-refractivity contribution < 1.29 is 16.4 Å². The minimum Gasteiger partial charge on any atom is -2.00 e. The predicted octanol–water partition coefficient (Wildman–Crippen LogP) is 0.626. The van der Waals surface area contributed by atoms with E-state index in [-0.39, 0.29) is 51.2 Å². The number of hydrogen-bond donors (Lipinski definition) is 1. The van der Waals surface area contributed by atoms with E-state index in [0.717, 1.165) is 4.64 Å². The number of nitrogens with one attached hydrogen (secondary N) is 1. The number of aromatic nitrogens is 1. The molecule has 1 aromatic rings. The summed E-state index contributed by atoms with van der Waals surface area (Å²) in [5, 5.41) is 0. The Morgan fingerprint density at radius 2 is 1.50 bits per heavy atom. The van der Waals surface area contributed by atoms with Crippen molar-refractivity contribution in [2.45, 2.75) is 0 Å².